The van der Waals surface area contributed by atoms with Crippen LogP contribution in [0.25, 0.3) is 0 Å². The molecule has 1 aliphatic heterocycles. The molecule has 32 heavy (non-hydrogen) atoms. The monoisotopic (exact) mass is 575 g/mol. The average molecular weight is 575 g/mol. The van der Waals surface area contributed by atoms with Crippen LogP contribution in [-0.2, 0) is 9.84 Å². The van der Waals surface area contributed by atoms with E-state index >= 15 is 0 Å². The molecule has 1 fully saturated rings. The smallest absolute Gasteiger partial charge is 0.191 e. The molecule has 7 nitrogen and oxygen atoms in total. The summed E-state index contributed by atoms with van der Waals surface area (Å²) in [5.74, 6) is 0.592. The minimum Gasteiger partial charge on any atom is -0.357 e. The van der Waals surface area contributed by atoms with Crippen LogP contribution in [0.4, 0.5) is 10.2 Å². The van der Waals surface area contributed by atoms with Crippen LogP contribution in [0.15, 0.2) is 52.5 Å². The number of aliphatic imine (C=N–C) groups is 1. The summed E-state index contributed by atoms with van der Waals surface area (Å²) in [5, 5.41) is 6.56. The number of hydrogen-bond acceptors (Lipinski definition) is 5. The summed E-state index contributed by atoms with van der Waals surface area (Å²) in [4.78, 5) is 10.9. The fourth-order valence-corrected chi connectivity index (χ4v) is 4.70. The maximum absolute atomic E-state index is 13.8. The Morgan fingerprint density at radius 2 is 1.94 bits per heavy atom. The summed E-state index contributed by atoms with van der Waals surface area (Å²) in [6.45, 7) is 6.47. The molecule has 0 saturated carbocycles. The van der Waals surface area contributed by atoms with E-state index < -0.39 is 15.7 Å². The van der Waals surface area contributed by atoms with Gasteiger partial charge >= 0.3 is 0 Å². The van der Waals surface area contributed by atoms with E-state index in [1.165, 1.54) is 18.2 Å². The van der Waals surface area contributed by atoms with Crippen LogP contribution >= 0.6 is 24.0 Å². The second-order valence-electron chi connectivity index (χ2n) is 7.61. The molecule has 1 aromatic heterocycles. The first-order chi connectivity index (χ1) is 14.9. The lowest BCUT2D eigenvalue weighted by Gasteiger charge is -2.33. The molecule has 2 N–H and O–H groups in total. The molecule has 176 valence electrons. The molecule has 0 radical (unpaired) electrons. The first-order valence-corrected chi connectivity index (χ1v) is 12.2. The first-order valence-electron chi connectivity index (χ1n) is 10.6. The molecule has 0 amide bonds. The van der Waals surface area contributed by atoms with Crippen LogP contribution in [0.5, 0.6) is 0 Å². The largest absolute Gasteiger partial charge is 0.357 e. The van der Waals surface area contributed by atoms with Gasteiger partial charge in [0.25, 0.3) is 0 Å². The van der Waals surface area contributed by atoms with E-state index in [9.17, 15) is 12.8 Å². The third kappa shape index (κ3) is 7.29. The van der Waals surface area contributed by atoms with Gasteiger partial charge in [-0.3, -0.25) is 4.99 Å². The second kappa shape index (κ2) is 12.3. The fraction of sp³-hybridized carbons (Fsp3) is 0.455. The van der Waals surface area contributed by atoms with E-state index in [1.807, 2.05) is 26.1 Å². The molecule has 2 heterocycles. The molecule has 3 rings (SSSR count). The van der Waals surface area contributed by atoms with Crippen molar-refractivity contribution in [3.05, 3.63) is 54.0 Å². The molecule has 0 aliphatic carbocycles. The van der Waals surface area contributed by atoms with Gasteiger partial charge < -0.3 is 15.5 Å². The van der Waals surface area contributed by atoms with Crippen molar-refractivity contribution in [1.29, 1.82) is 0 Å². The van der Waals surface area contributed by atoms with Gasteiger partial charge in [0.15, 0.2) is 15.8 Å². The van der Waals surface area contributed by atoms with Crippen molar-refractivity contribution in [3.63, 3.8) is 0 Å². The molecule has 0 bridgehead atoms. The maximum atomic E-state index is 13.8. The van der Waals surface area contributed by atoms with Crippen LogP contribution in [0.3, 0.4) is 0 Å². The van der Waals surface area contributed by atoms with Gasteiger partial charge in [0.05, 0.1) is 12.3 Å². The Labute approximate surface area is 206 Å². The Morgan fingerprint density at radius 1 is 1.22 bits per heavy atom. The van der Waals surface area contributed by atoms with Crippen LogP contribution in [0.2, 0.25) is 0 Å². The Bertz CT molecular complexity index is 994. The Morgan fingerprint density at radius 3 is 2.56 bits per heavy atom. The number of piperidine rings is 1. The number of halogens is 2. The Hall–Kier alpha value is -1.95. The maximum Gasteiger partial charge on any atom is 0.191 e. The number of guanidine groups is 1. The molecular formula is C22H31FIN5O2S. The highest BCUT2D eigenvalue weighted by molar-refractivity contribution is 14.0. The Balaban J connectivity index is 0.00000363. The predicted molar refractivity (Wildman–Crippen MR) is 137 cm³/mol. The van der Waals surface area contributed by atoms with E-state index in [4.69, 9.17) is 0 Å². The minimum absolute atomic E-state index is 0. The number of nitrogens with one attached hydrogen (secondary N) is 2. The highest BCUT2D eigenvalue weighted by Gasteiger charge is 2.21. The van der Waals surface area contributed by atoms with Gasteiger partial charge in [-0.25, -0.2) is 17.8 Å². The number of aryl methyl sites for hydroxylation is 1. The number of aromatic nitrogens is 1. The molecule has 1 aromatic carbocycles. The normalized spacial score (nSPS) is 15.2. The zero-order chi connectivity index (χ0) is 22.3. The molecule has 0 atom stereocenters. The second-order valence-corrected chi connectivity index (χ2v) is 9.69. The summed E-state index contributed by atoms with van der Waals surface area (Å²) in [5.41, 5.74) is 1.14. The lowest BCUT2D eigenvalue weighted by molar-refractivity contribution is 0.459. The van der Waals surface area contributed by atoms with Crippen LogP contribution in [-0.4, -0.2) is 57.3 Å². The minimum atomic E-state index is -3.73. The molecule has 1 aliphatic rings. The lowest BCUT2D eigenvalue weighted by atomic mass is 10.1. The molecule has 1 saturated heterocycles. The predicted octanol–water partition coefficient (Wildman–Crippen LogP) is 3.14. The highest BCUT2D eigenvalue weighted by atomic mass is 127. The number of hydrogen-bond donors (Lipinski definition) is 2. The summed E-state index contributed by atoms with van der Waals surface area (Å²) in [7, 11) is -3.73. The van der Waals surface area contributed by atoms with Crippen molar-refractivity contribution in [3.8, 4) is 0 Å². The summed E-state index contributed by atoms with van der Waals surface area (Å²) in [6.07, 6.45) is 3.73. The number of pyridine rings is 1. The van der Waals surface area contributed by atoms with Crippen LogP contribution in [0, 0.1) is 12.7 Å². The number of sulfone groups is 1. The molecule has 10 heteroatoms. The molecule has 0 spiro atoms. The SMILES string of the molecule is CCNC(=NCCS(=O)(=O)c1ccccc1F)NC1CCN(c2ccc(C)cn2)CC1.I. The van der Waals surface area contributed by atoms with E-state index in [1.54, 1.807) is 0 Å². The lowest BCUT2D eigenvalue weighted by Crippen LogP contribution is -2.49. The molecule has 0 unspecified atom stereocenters. The third-order valence-electron chi connectivity index (χ3n) is 5.20. The van der Waals surface area contributed by atoms with Crippen molar-refractivity contribution in [2.45, 2.75) is 37.6 Å². The third-order valence-corrected chi connectivity index (χ3v) is 6.92. The van der Waals surface area contributed by atoms with Gasteiger partial charge in [-0.15, -0.1) is 24.0 Å². The zero-order valence-corrected chi connectivity index (χ0v) is 21.6. The van der Waals surface area contributed by atoms with Crippen molar-refractivity contribution in [2.24, 2.45) is 4.99 Å². The first kappa shape index (κ1) is 26.3. The van der Waals surface area contributed by atoms with E-state index in [-0.39, 0.29) is 47.2 Å². The van der Waals surface area contributed by atoms with E-state index in [2.05, 4.69) is 31.6 Å². The van der Waals surface area contributed by atoms with Crippen LogP contribution in [0.1, 0.15) is 25.3 Å². The fourth-order valence-electron chi connectivity index (χ4n) is 3.50. The summed E-state index contributed by atoms with van der Waals surface area (Å²) < 4.78 is 38.7. The van der Waals surface area contributed by atoms with Gasteiger partial charge in [-0.1, -0.05) is 18.2 Å². The quantitative estimate of drug-likeness (QED) is 0.300. The van der Waals surface area contributed by atoms with Crippen molar-refractivity contribution in [2.75, 3.05) is 36.8 Å². The Kier molecular flexibility index (Phi) is 10.1. The van der Waals surface area contributed by atoms with Gasteiger partial charge in [0, 0.05) is 31.9 Å². The highest BCUT2D eigenvalue weighted by Crippen LogP contribution is 2.18. The molecule has 2 aromatic rings. The summed E-state index contributed by atoms with van der Waals surface area (Å²) >= 11 is 0. The van der Waals surface area contributed by atoms with Crippen molar-refractivity contribution < 1.29 is 12.8 Å². The van der Waals surface area contributed by atoms with Gasteiger partial charge in [0.1, 0.15) is 16.5 Å². The van der Waals surface area contributed by atoms with Crippen molar-refractivity contribution >= 4 is 45.6 Å². The standard InChI is InChI=1S/C22H30FN5O2S.HI/c1-3-24-22(25-12-15-31(29,30)20-7-5-4-6-19(20)23)27-18-10-13-28(14-11-18)21-9-8-17(2)16-26-21;/h4-9,16,18H,3,10-15H2,1-2H3,(H2,24,25,27);1H. The topological polar surface area (TPSA) is 86.7 Å². The zero-order valence-electron chi connectivity index (χ0n) is 18.4. The average Bonchev–Trinajstić information content (AvgIpc) is 2.75. The summed E-state index contributed by atoms with van der Waals surface area (Å²) in [6, 6.07) is 9.78. The van der Waals surface area contributed by atoms with Gasteiger partial charge in [-0.05, 0) is 50.5 Å². The number of benzene rings is 1. The number of anilines is 1. The van der Waals surface area contributed by atoms with E-state index in [0.717, 1.165) is 43.4 Å². The van der Waals surface area contributed by atoms with Crippen molar-refractivity contribution in [1.82, 2.24) is 15.6 Å². The molecular weight excluding hydrogens is 544 g/mol. The van der Waals surface area contributed by atoms with Gasteiger partial charge in [0.2, 0.25) is 0 Å². The van der Waals surface area contributed by atoms with E-state index in [0.29, 0.717) is 12.5 Å². The van der Waals surface area contributed by atoms with Crippen LogP contribution < -0.4 is 15.5 Å². The number of rotatable bonds is 7. The van der Waals surface area contributed by atoms with Gasteiger partial charge in [-0.2, -0.15) is 0 Å². The number of nitrogens with zero attached hydrogens (tertiary/aromatic N) is 3.